The molecule has 0 bridgehead atoms. The minimum Gasteiger partial charge on any atom is -0.448 e. The normalized spacial score (nSPS) is 24.4. The Labute approximate surface area is 258 Å². The third-order valence-electron chi connectivity index (χ3n) is 7.94. The van der Waals surface area contributed by atoms with Crippen LogP contribution in [-0.2, 0) is 34.7 Å². The molecule has 0 spiro atoms. The molecule has 3 heterocycles. The van der Waals surface area contributed by atoms with E-state index in [1.807, 2.05) is 65.6 Å². The molecule has 0 radical (unpaired) electrons. The maximum absolute atomic E-state index is 14.2. The molecule has 3 aliphatic heterocycles. The molecule has 1 unspecified atom stereocenters. The van der Waals surface area contributed by atoms with Gasteiger partial charge in [0.1, 0.15) is 22.7 Å². The van der Waals surface area contributed by atoms with Crippen LogP contribution in [0.5, 0.6) is 0 Å². The van der Waals surface area contributed by atoms with Crippen molar-refractivity contribution in [2.75, 3.05) is 12.3 Å². The van der Waals surface area contributed by atoms with Crippen LogP contribution in [0.3, 0.4) is 0 Å². The number of hydrogen-bond acceptors (Lipinski definition) is 7. The van der Waals surface area contributed by atoms with E-state index in [0.29, 0.717) is 24.1 Å². The van der Waals surface area contributed by atoms with E-state index in [9.17, 15) is 23.4 Å². The predicted molar refractivity (Wildman–Crippen MR) is 162 cm³/mol. The van der Waals surface area contributed by atoms with Gasteiger partial charge in [0.2, 0.25) is 5.91 Å². The second-order valence-electron chi connectivity index (χ2n) is 12.4. The van der Waals surface area contributed by atoms with Gasteiger partial charge in [0, 0.05) is 18.2 Å². The summed E-state index contributed by atoms with van der Waals surface area (Å²) < 4.78 is 25.0. The number of rotatable bonds is 7. The topological polar surface area (TPSA) is 122 Å². The number of hydrogen-bond donors (Lipinski definition) is 1. The minimum atomic E-state index is -1.69. The maximum atomic E-state index is 14.2. The van der Waals surface area contributed by atoms with Crippen LogP contribution in [0.1, 0.15) is 57.3 Å². The summed E-state index contributed by atoms with van der Waals surface area (Å²) >= 11 is 0. The fraction of sp³-hybridized carbons (Fsp3) is 0.394. The van der Waals surface area contributed by atoms with Crippen LogP contribution in [0.4, 0.5) is 4.79 Å². The summed E-state index contributed by atoms with van der Waals surface area (Å²) in [5.41, 5.74) is 1.40. The van der Waals surface area contributed by atoms with Crippen molar-refractivity contribution < 1.29 is 32.9 Å². The highest BCUT2D eigenvalue weighted by Gasteiger charge is 2.58. The molecule has 3 amide bonds. The van der Waals surface area contributed by atoms with Crippen LogP contribution in [0, 0.1) is 0 Å². The van der Waals surface area contributed by atoms with E-state index >= 15 is 0 Å². The molecule has 1 N–H and O–H groups in total. The molecule has 1 saturated carbocycles. The summed E-state index contributed by atoms with van der Waals surface area (Å²) in [6, 6.07) is 17.6. The molecule has 230 valence electrons. The monoisotopic (exact) mass is 617 g/mol. The predicted octanol–water partition coefficient (Wildman–Crippen LogP) is 3.72. The second kappa shape index (κ2) is 11.7. The SMILES string of the molecule is CC(C)(C)OC(=O)N[C@@H]1C(=O)N2C(C(=O)OC(c3ccccc3)c3ccccc3)=C(/C=C3\CCN(C4CC4)C3=O)CS(=O)[C@H]12. The van der Waals surface area contributed by atoms with E-state index in [0.717, 1.165) is 28.9 Å². The summed E-state index contributed by atoms with van der Waals surface area (Å²) in [6.07, 6.45) is 2.43. The first-order valence-corrected chi connectivity index (χ1v) is 16.2. The van der Waals surface area contributed by atoms with Gasteiger partial charge in [-0.1, -0.05) is 60.7 Å². The van der Waals surface area contributed by atoms with E-state index < -0.39 is 51.9 Å². The molecule has 0 aromatic heterocycles. The molecule has 3 atom stereocenters. The number of allylic oxidation sites excluding steroid dienone is 1. The molecule has 3 fully saturated rings. The van der Waals surface area contributed by atoms with Crippen molar-refractivity contribution in [3.8, 4) is 0 Å². The number of ether oxygens (including phenoxy) is 2. The lowest BCUT2D eigenvalue weighted by Gasteiger charge is -2.49. The number of nitrogens with one attached hydrogen (secondary N) is 1. The van der Waals surface area contributed by atoms with Crippen molar-refractivity contribution in [1.29, 1.82) is 0 Å². The smallest absolute Gasteiger partial charge is 0.408 e. The number of esters is 1. The molecule has 44 heavy (non-hydrogen) atoms. The Morgan fingerprint density at radius 1 is 1.00 bits per heavy atom. The zero-order valence-corrected chi connectivity index (χ0v) is 25.7. The summed E-state index contributed by atoms with van der Waals surface area (Å²) in [6.45, 7) is 5.67. The lowest BCUT2D eigenvalue weighted by molar-refractivity contribution is -0.153. The van der Waals surface area contributed by atoms with Gasteiger partial charge in [-0.25, -0.2) is 9.59 Å². The highest BCUT2D eigenvalue weighted by Crippen LogP contribution is 2.39. The van der Waals surface area contributed by atoms with Gasteiger partial charge in [-0.05, 0) is 62.8 Å². The Hall–Kier alpha value is -4.25. The fourth-order valence-corrected chi connectivity index (χ4v) is 7.43. The van der Waals surface area contributed by atoms with Gasteiger partial charge in [0.15, 0.2) is 6.10 Å². The molecular formula is C33H35N3O7S. The first-order chi connectivity index (χ1) is 21.0. The number of likely N-dealkylation sites (tertiary alicyclic amines) is 1. The quantitative estimate of drug-likeness (QED) is 0.286. The first-order valence-electron chi connectivity index (χ1n) is 14.8. The van der Waals surface area contributed by atoms with Crippen LogP contribution in [0.15, 0.2) is 83.6 Å². The van der Waals surface area contributed by atoms with Crippen molar-refractivity contribution in [2.24, 2.45) is 0 Å². The van der Waals surface area contributed by atoms with E-state index in [1.54, 1.807) is 26.8 Å². The van der Waals surface area contributed by atoms with Gasteiger partial charge in [0.05, 0.1) is 16.6 Å². The molecule has 2 aromatic carbocycles. The van der Waals surface area contributed by atoms with Gasteiger partial charge in [0.25, 0.3) is 5.91 Å². The number of carbonyl (C=O) groups is 4. The average Bonchev–Trinajstić information content (AvgIpc) is 3.77. The van der Waals surface area contributed by atoms with Gasteiger partial charge in [-0.3, -0.25) is 18.7 Å². The fourth-order valence-electron chi connectivity index (χ4n) is 5.80. The zero-order chi connectivity index (χ0) is 31.2. The van der Waals surface area contributed by atoms with Gasteiger partial charge >= 0.3 is 12.1 Å². The first kappa shape index (κ1) is 29.8. The minimum absolute atomic E-state index is 0.0659. The number of nitrogens with zero attached hydrogens (tertiary/aromatic N) is 2. The van der Waals surface area contributed by atoms with E-state index in [4.69, 9.17) is 9.47 Å². The zero-order valence-electron chi connectivity index (χ0n) is 24.9. The lowest BCUT2D eigenvalue weighted by atomic mass is 10.00. The average molecular weight is 618 g/mol. The molecule has 11 heteroatoms. The number of amides is 3. The van der Waals surface area contributed by atoms with Gasteiger partial charge in [-0.15, -0.1) is 0 Å². The van der Waals surface area contributed by atoms with Crippen molar-refractivity contribution in [3.63, 3.8) is 0 Å². The highest BCUT2D eigenvalue weighted by atomic mass is 32.2. The third kappa shape index (κ3) is 5.93. The summed E-state index contributed by atoms with van der Waals surface area (Å²) in [7, 11) is -1.69. The Balaban J connectivity index is 1.36. The molecular weight excluding hydrogens is 582 g/mol. The standard InChI is InChI=1S/C33H35N3O7S/c1-33(2,3)43-32(40)34-25-29(38)36-26(31(39)42-27(20-10-6-4-7-11-20)21-12-8-5-9-13-21)23(19-44(41)30(25)36)18-22-16-17-35(28(22)37)24-14-15-24/h4-13,18,24-25,27,30H,14-17,19H2,1-3H3,(H,34,40)/b22-18+/t25-,30-,44?/m1/s1. The largest absolute Gasteiger partial charge is 0.448 e. The van der Waals surface area contributed by atoms with Crippen LogP contribution >= 0.6 is 0 Å². The molecule has 2 aromatic rings. The van der Waals surface area contributed by atoms with Crippen LogP contribution in [0.2, 0.25) is 0 Å². The van der Waals surface area contributed by atoms with Crippen molar-refractivity contribution in [3.05, 3.63) is 94.7 Å². The van der Waals surface area contributed by atoms with Crippen LogP contribution in [0.25, 0.3) is 0 Å². The summed E-state index contributed by atoms with van der Waals surface area (Å²) in [5.74, 6) is -1.59. The molecule has 1 aliphatic carbocycles. The lowest BCUT2D eigenvalue weighted by Crippen LogP contribution is -2.73. The van der Waals surface area contributed by atoms with Gasteiger partial charge < -0.3 is 19.7 Å². The number of fused-ring (bicyclic) bond motifs is 1. The third-order valence-corrected chi connectivity index (χ3v) is 9.56. The summed E-state index contributed by atoms with van der Waals surface area (Å²) in [4.78, 5) is 56.4. The number of alkyl carbamates (subject to hydrolysis) is 1. The molecule has 6 rings (SSSR count). The Morgan fingerprint density at radius 3 is 2.18 bits per heavy atom. The Morgan fingerprint density at radius 2 is 1.61 bits per heavy atom. The molecule has 10 nitrogen and oxygen atoms in total. The van der Waals surface area contributed by atoms with Crippen LogP contribution < -0.4 is 5.32 Å². The molecule has 4 aliphatic rings. The van der Waals surface area contributed by atoms with Crippen molar-refractivity contribution in [1.82, 2.24) is 15.1 Å². The van der Waals surface area contributed by atoms with Crippen molar-refractivity contribution >= 4 is 34.7 Å². The number of benzene rings is 2. The highest BCUT2D eigenvalue weighted by molar-refractivity contribution is 7.86. The number of carbonyl (C=O) groups excluding carboxylic acids is 4. The summed E-state index contributed by atoms with van der Waals surface area (Å²) in [5, 5.41) is 1.54. The molecule has 2 saturated heterocycles. The Kier molecular flexibility index (Phi) is 7.91. The van der Waals surface area contributed by atoms with Crippen LogP contribution in [-0.4, -0.2) is 73.2 Å². The van der Waals surface area contributed by atoms with E-state index in [1.165, 1.54) is 0 Å². The maximum Gasteiger partial charge on any atom is 0.408 e. The van der Waals surface area contributed by atoms with Crippen molar-refractivity contribution in [2.45, 2.75) is 69.2 Å². The van der Waals surface area contributed by atoms with E-state index in [2.05, 4.69) is 5.32 Å². The number of β-lactam (4-membered cyclic amide) rings is 1. The Bertz CT molecular complexity index is 1540. The van der Waals surface area contributed by atoms with Gasteiger partial charge in [-0.2, -0.15) is 0 Å². The second-order valence-corrected chi connectivity index (χ2v) is 13.9. The van der Waals surface area contributed by atoms with E-state index in [-0.39, 0.29) is 23.4 Å².